The summed E-state index contributed by atoms with van der Waals surface area (Å²) in [6, 6.07) is 5.36. The molecule has 0 saturated carbocycles. The number of aliphatic hydroxyl groups excluding tert-OH is 1. The molecule has 0 radical (unpaired) electrons. The van der Waals surface area contributed by atoms with E-state index >= 15 is 0 Å². The van der Waals surface area contributed by atoms with Crippen LogP contribution >= 0.6 is 15.9 Å². The highest BCUT2D eigenvalue weighted by molar-refractivity contribution is 9.10. The summed E-state index contributed by atoms with van der Waals surface area (Å²) in [6.07, 6.45) is 0.154. The minimum absolute atomic E-state index is 0.246. The molecule has 84 valence electrons. The van der Waals surface area contributed by atoms with E-state index in [2.05, 4.69) is 15.9 Å². The smallest absolute Gasteiger partial charge is 0.150 e. The van der Waals surface area contributed by atoms with Gasteiger partial charge in [-0.25, -0.2) is 8.42 Å². The number of benzene rings is 1. The lowest BCUT2D eigenvalue weighted by atomic mass is 10.1. The van der Waals surface area contributed by atoms with E-state index in [1.54, 1.807) is 12.1 Å². The fourth-order valence-electron chi connectivity index (χ4n) is 1.36. The minimum atomic E-state index is -3.17. The second-order valence-electron chi connectivity index (χ2n) is 3.56. The van der Waals surface area contributed by atoms with Gasteiger partial charge < -0.3 is 5.11 Å². The molecule has 0 bridgehead atoms. The first-order chi connectivity index (χ1) is 6.81. The quantitative estimate of drug-likeness (QED) is 0.925. The predicted octanol–water partition coefficient (Wildman–Crippen LogP) is 1.84. The first-order valence-corrected chi connectivity index (χ1v) is 7.27. The molecule has 0 aromatic heterocycles. The number of sulfone groups is 1. The van der Waals surface area contributed by atoms with Crippen LogP contribution < -0.4 is 0 Å². The molecule has 0 aliphatic heterocycles. The molecule has 1 N–H and O–H groups in total. The Morgan fingerprint density at radius 3 is 2.60 bits per heavy atom. The first kappa shape index (κ1) is 12.7. The van der Waals surface area contributed by atoms with Crippen LogP contribution in [-0.2, 0) is 9.84 Å². The van der Waals surface area contributed by atoms with E-state index in [-0.39, 0.29) is 5.75 Å². The van der Waals surface area contributed by atoms with Crippen LogP contribution in [0.1, 0.15) is 17.2 Å². The third-order valence-corrected chi connectivity index (χ3v) is 3.91. The zero-order valence-corrected chi connectivity index (χ0v) is 11.0. The standard InChI is InChI=1S/C10H13BrO3S/c1-7-8(4-3-5-9(7)11)10(12)6-15(2,13)14/h3-5,10,12H,6H2,1-2H3. The van der Waals surface area contributed by atoms with E-state index in [0.29, 0.717) is 5.56 Å². The summed E-state index contributed by atoms with van der Waals surface area (Å²) in [5, 5.41) is 9.76. The fourth-order valence-corrected chi connectivity index (χ4v) is 2.50. The van der Waals surface area contributed by atoms with Crippen molar-refractivity contribution in [2.45, 2.75) is 13.0 Å². The van der Waals surface area contributed by atoms with Crippen LogP contribution in [0.5, 0.6) is 0 Å². The number of rotatable bonds is 3. The van der Waals surface area contributed by atoms with E-state index in [4.69, 9.17) is 0 Å². The Labute approximate surface area is 98.2 Å². The molecule has 0 fully saturated rings. The number of hydrogen-bond acceptors (Lipinski definition) is 3. The van der Waals surface area contributed by atoms with Gasteiger partial charge in [0.15, 0.2) is 0 Å². The second-order valence-corrected chi connectivity index (χ2v) is 6.60. The van der Waals surface area contributed by atoms with Crippen molar-refractivity contribution in [1.29, 1.82) is 0 Å². The highest BCUT2D eigenvalue weighted by Gasteiger charge is 2.16. The van der Waals surface area contributed by atoms with Gasteiger partial charge in [-0.1, -0.05) is 28.1 Å². The van der Waals surface area contributed by atoms with Crippen molar-refractivity contribution in [2.24, 2.45) is 0 Å². The van der Waals surface area contributed by atoms with Gasteiger partial charge in [-0.3, -0.25) is 0 Å². The SMILES string of the molecule is Cc1c(Br)cccc1C(O)CS(C)(=O)=O. The highest BCUT2D eigenvalue weighted by Crippen LogP contribution is 2.25. The Kier molecular flexibility index (Phi) is 3.92. The van der Waals surface area contributed by atoms with Gasteiger partial charge in [-0.2, -0.15) is 0 Å². The molecule has 1 rings (SSSR count). The van der Waals surface area contributed by atoms with Gasteiger partial charge in [0.2, 0.25) is 0 Å². The molecule has 0 spiro atoms. The van der Waals surface area contributed by atoms with E-state index < -0.39 is 15.9 Å². The Bertz CT molecular complexity index is 454. The fraction of sp³-hybridized carbons (Fsp3) is 0.400. The molecule has 1 atom stereocenters. The Balaban J connectivity index is 3.02. The van der Waals surface area contributed by atoms with Gasteiger partial charge in [0.05, 0.1) is 11.9 Å². The van der Waals surface area contributed by atoms with Crippen LogP contribution in [-0.4, -0.2) is 25.5 Å². The van der Waals surface area contributed by atoms with E-state index in [0.717, 1.165) is 16.3 Å². The van der Waals surface area contributed by atoms with Crippen LogP contribution in [0.15, 0.2) is 22.7 Å². The normalized spacial score (nSPS) is 13.9. The third-order valence-electron chi connectivity index (χ3n) is 2.13. The lowest BCUT2D eigenvalue weighted by molar-refractivity contribution is 0.201. The molecule has 15 heavy (non-hydrogen) atoms. The zero-order valence-electron chi connectivity index (χ0n) is 8.57. The molecule has 1 unspecified atom stereocenters. The molecule has 5 heteroatoms. The molecular weight excluding hydrogens is 280 g/mol. The molecule has 3 nitrogen and oxygen atoms in total. The summed E-state index contributed by atoms with van der Waals surface area (Å²) in [4.78, 5) is 0. The molecule has 1 aromatic rings. The van der Waals surface area contributed by atoms with Crippen molar-refractivity contribution in [3.8, 4) is 0 Å². The Hall–Kier alpha value is -0.390. The van der Waals surface area contributed by atoms with E-state index in [1.165, 1.54) is 0 Å². The summed E-state index contributed by atoms with van der Waals surface area (Å²) >= 11 is 3.33. The topological polar surface area (TPSA) is 54.4 Å². The van der Waals surface area contributed by atoms with Crippen LogP contribution in [0.3, 0.4) is 0 Å². The van der Waals surface area contributed by atoms with Gasteiger partial charge >= 0.3 is 0 Å². The van der Waals surface area contributed by atoms with Crippen molar-refractivity contribution in [1.82, 2.24) is 0 Å². The van der Waals surface area contributed by atoms with Crippen molar-refractivity contribution in [3.63, 3.8) is 0 Å². The third kappa shape index (κ3) is 3.59. The lowest BCUT2D eigenvalue weighted by Gasteiger charge is -2.13. The number of hydrogen-bond donors (Lipinski definition) is 1. The maximum absolute atomic E-state index is 11.0. The predicted molar refractivity (Wildman–Crippen MR) is 63.5 cm³/mol. The molecule has 0 aliphatic carbocycles. The molecule has 0 amide bonds. The summed E-state index contributed by atoms with van der Waals surface area (Å²) in [7, 11) is -3.17. The molecule has 0 aliphatic rings. The number of aliphatic hydroxyl groups is 1. The monoisotopic (exact) mass is 292 g/mol. The summed E-state index contributed by atoms with van der Waals surface area (Å²) in [6.45, 7) is 1.84. The largest absolute Gasteiger partial charge is 0.387 e. The average Bonchev–Trinajstić information content (AvgIpc) is 2.06. The number of halogens is 1. The van der Waals surface area contributed by atoms with Gasteiger partial charge in [0, 0.05) is 10.7 Å². The van der Waals surface area contributed by atoms with Gasteiger partial charge in [-0.05, 0) is 24.1 Å². The molecule has 1 aromatic carbocycles. The maximum atomic E-state index is 11.0. The van der Waals surface area contributed by atoms with Crippen LogP contribution in [0.4, 0.5) is 0 Å². The van der Waals surface area contributed by atoms with Crippen LogP contribution in [0.2, 0.25) is 0 Å². The van der Waals surface area contributed by atoms with Crippen molar-refractivity contribution >= 4 is 25.8 Å². The minimum Gasteiger partial charge on any atom is -0.387 e. The van der Waals surface area contributed by atoms with Gasteiger partial charge in [0.1, 0.15) is 9.84 Å². The highest BCUT2D eigenvalue weighted by atomic mass is 79.9. The van der Waals surface area contributed by atoms with Crippen LogP contribution in [0, 0.1) is 6.92 Å². The van der Waals surface area contributed by atoms with Crippen molar-refractivity contribution in [3.05, 3.63) is 33.8 Å². The average molecular weight is 293 g/mol. The molecule has 0 heterocycles. The molecular formula is C10H13BrO3S. The van der Waals surface area contributed by atoms with Crippen LogP contribution in [0.25, 0.3) is 0 Å². The van der Waals surface area contributed by atoms with Crippen molar-refractivity contribution < 1.29 is 13.5 Å². The van der Waals surface area contributed by atoms with Gasteiger partial charge in [0.25, 0.3) is 0 Å². The van der Waals surface area contributed by atoms with E-state index in [1.807, 2.05) is 13.0 Å². The van der Waals surface area contributed by atoms with Gasteiger partial charge in [-0.15, -0.1) is 0 Å². The Morgan fingerprint density at radius 2 is 2.07 bits per heavy atom. The maximum Gasteiger partial charge on any atom is 0.150 e. The Morgan fingerprint density at radius 1 is 1.47 bits per heavy atom. The molecule has 0 saturated heterocycles. The second kappa shape index (κ2) is 4.63. The lowest BCUT2D eigenvalue weighted by Crippen LogP contribution is -2.13. The summed E-state index contributed by atoms with van der Waals surface area (Å²) < 4.78 is 22.9. The van der Waals surface area contributed by atoms with Crippen molar-refractivity contribution in [2.75, 3.05) is 12.0 Å². The summed E-state index contributed by atoms with van der Waals surface area (Å²) in [5.74, 6) is -0.246. The zero-order chi connectivity index (χ0) is 11.6. The summed E-state index contributed by atoms with van der Waals surface area (Å²) in [5.41, 5.74) is 1.52. The van der Waals surface area contributed by atoms with E-state index in [9.17, 15) is 13.5 Å². The first-order valence-electron chi connectivity index (χ1n) is 4.42.